The summed E-state index contributed by atoms with van der Waals surface area (Å²) in [4.78, 5) is 4.52. The van der Waals surface area contributed by atoms with Gasteiger partial charge in [-0.15, -0.1) is 0 Å². The molecule has 0 aromatic carbocycles. The minimum absolute atomic E-state index is 0.335. The number of fused-ring (bicyclic) bond motifs is 1. The fraction of sp³-hybridized carbons (Fsp3) is 0.500. The molecule has 1 aliphatic rings. The molecule has 1 saturated heterocycles. The van der Waals surface area contributed by atoms with Crippen molar-refractivity contribution in [3.63, 3.8) is 0 Å². The SMILES string of the molecule is Cc1cccc2nc(CC3COCCN3)nn12. The van der Waals surface area contributed by atoms with Crippen molar-refractivity contribution < 1.29 is 4.74 Å². The van der Waals surface area contributed by atoms with Crippen LogP contribution in [0.15, 0.2) is 18.2 Å². The quantitative estimate of drug-likeness (QED) is 0.822. The van der Waals surface area contributed by atoms with Crippen molar-refractivity contribution in [2.45, 2.75) is 19.4 Å². The van der Waals surface area contributed by atoms with Gasteiger partial charge >= 0.3 is 0 Å². The minimum atomic E-state index is 0.335. The largest absolute Gasteiger partial charge is 0.379 e. The zero-order valence-corrected chi connectivity index (χ0v) is 9.89. The van der Waals surface area contributed by atoms with Crippen molar-refractivity contribution >= 4 is 5.65 Å². The average Bonchev–Trinajstić information content (AvgIpc) is 2.74. The Balaban J connectivity index is 1.83. The Kier molecular flexibility index (Phi) is 2.78. The molecule has 3 heterocycles. The summed E-state index contributed by atoms with van der Waals surface area (Å²) in [6, 6.07) is 6.36. The van der Waals surface area contributed by atoms with E-state index in [1.165, 1.54) is 0 Å². The summed E-state index contributed by atoms with van der Waals surface area (Å²) >= 11 is 0. The standard InChI is InChI=1S/C12H16N4O/c1-9-3-2-4-12-14-11(15-16(9)12)7-10-8-17-6-5-13-10/h2-4,10,13H,5-8H2,1H3. The number of aryl methyl sites for hydroxylation is 1. The predicted octanol–water partition coefficient (Wildman–Crippen LogP) is 0.569. The molecule has 1 N–H and O–H groups in total. The molecule has 5 heteroatoms. The van der Waals surface area contributed by atoms with Crippen LogP contribution in [-0.2, 0) is 11.2 Å². The molecule has 1 unspecified atom stereocenters. The van der Waals surface area contributed by atoms with E-state index in [0.29, 0.717) is 6.04 Å². The molecule has 0 amide bonds. The van der Waals surface area contributed by atoms with Gasteiger partial charge < -0.3 is 10.1 Å². The molecule has 0 radical (unpaired) electrons. The maximum atomic E-state index is 5.43. The molecule has 90 valence electrons. The van der Waals surface area contributed by atoms with Crippen LogP contribution in [0.2, 0.25) is 0 Å². The van der Waals surface area contributed by atoms with Crippen LogP contribution in [0.25, 0.3) is 5.65 Å². The van der Waals surface area contributed by atoms with E-state index in [1.807, 2.05) is 29.6 Å². The summed E-state index contributed by atoms with van der Waals surface area (Å²) in [7, 11) is 0. The monoisotopic (exact) mass is 232 g/mol. The molecule has 5 nitrogen and oxygen atoms in total. The van der Waals surface area contributed by atoms with Crippen LogP contribution in [0, 0.1) is 6.92 Å². The third kappa shape index (κ3) is 2.16. The number of nitrogens with zero attached hydrogens (tertiary/aromatic N) is 3. The van der Waals surface area contributed by atoms with E-state index in [-0.39, 0.29) is 0 Å². The van der Waals surface area contributed by atoms with Crippen molar-refractivity contribution in [2.75, 3.05) is 19.8 Å². The predicted molar refractivity (Wildman–Crippen MR) is 64.0 cm³/mol. The maximum absolute atomic E-state index is 5.43. The normalized spacial score (nSPS) is 20.9. The molecule has 17 heavy (non-hydrogen) atoms. The lowest BCUT2D eigenvalue weighted by Gasteiger charge is -2.22. The average molecular weight is 232 g/mol. The highest BCUT2D eigenvalue weighted by Gasteiger charge is 2.16. The van der Waals surface area contributed by atoms with E-state index < -0.39 is 0 Å². The lowest BCUT2D eigenvalue weighted by Crippen LogP contribution is -2.42. The summed E-state index contributed by atoms with van der Waals surface area (Å²) in [5.41, 5.74) is 2.02. The van der Waals surface area contributed by atoms with E-state index in [1.54, 1.807) is 0 Å². The van der Waals surface area contributed by atoms with Gasteiger partial charge in [0.05, 0.1) is 13.2 Å². The molecule has 0 saturated carbocycles. The second-order valence-corrected chi connectivity index (χ2v) is 4.40. The second kappa shape index (κ2) is 4.43. The molecule has 0 spiro atoms. The first kappa shape index (κ1) is 10.7. The molecule has 1 aliphatic heterocycles. The molecule has 2 aromatic rings. The lowest BCUT2D eigenvalue weighted by atomic mass is 10.2. The fourth-order valence-electron chi connectivity index (χ4n) is 2.14. The minimum Gasteiger partial charge on any atom is -0.379 e. The van der Waals surface area contributed by atoms with Crippen LogP contribution in [-0.4, -0.2) is 40.4 Å². The molecule has 3 rings (SSSR count). The van der Waals surface area contributed by atoms with Crippen LogP contribution in [0.3, 0.4) is 0 Å². The summed E-state index contributed by atoms with van der Waals surface area (Å²) < 4.78 is 7.32. The molecular weight excluding hydrogens is 216 g/mol. The van der Waals surface area contributed by atoms with E-state index in [2.05, 4.69) is 15.4 Å². The van der Waals surface area contributed by atoms with Gasteiger partial charge in [-0.25, -0.2) is 9.50 Å². The molecular formula is C12H16N4O. The van der Waals surface area contributed by atoms with Crippen LogP contribution >= 0.6 is 0 Å². The van der Waals surface area contributed by atoms with E-state index in [0.717, 1.165) is 43.3 Å². The summed E-state index contributed by atoms with van der Waals surface area (Å²) in [5.74, 6) is 0.877. The highest BCUT2D eigenvalue weighted by molar-refractivity contribution is 5.38. The Hall–Kier alpha value is -1.46. The molecule has 0 aliphatic carbocycles. The Bertz CT molecular complexity index is 516. The van der Waals surface area contributed by atoms with Crippen molar-refractivity contribution in [2.24, 2.45) is 0 Å². The highest BCUT2D eigenvalue weighted by atomic mass is 16.5. The summed E-state index contributed by atoms with van der Waals surface area (Å²) in [5, 5.41) is 7.93. The smallest absolute Gasteiger partial charge is 0.155 e. The molecule has 2 aromatic heterocycles. The first-order chi connectivity index (χ1) is 8.33. The van der Waals surface area contributed by atoms with Crippen molar-refractivity contribution in [1.29, 1.82) is 0 Å². The van der Waals surface area contributed by atoms with E-state index >= 15 is 0 Å². The van der Waals surface area contributed by atoms with Gasteiger partial charge in [0.15, 0.2) is 11.5 Å². The zero-order chi connectivity index (χ0) is 11.7. The number of pyridine rings is 1. The summed E-state index contributed by atoms with van der Waals surface area (Å²) in [6.45, 7) is 4.49. The van der Waals surface area contributed by atoms with Crippen LogP contribution in [0.1, 0.15) is 11.5 Å². The van der Waals surface area contributed by atoms with Gasteiger partial charge in [-0.3, -0.25) is 0 Å². The van der Waals surface area contributed by atoms with Gasteiger partial charge in [-0.2, -0.15) is 5.10 Å². The number of nitrogens with one attached hydrogen (secondary N) is 1. The zero-order valence-electron chi connectivity index (χ0n) is 9.89. The molecule has 1 atom stereocenters. The van der Waals surface area contributed by atoms with Crippen molar-refractivity contribution in [3.05, 3.63) is 29.7 Å². The lowest BCUT2D eigenvalue weighted by molar-refractivity contribution is 0.0764. The number of hydrogen-bond donors (Lipinski definition) is 1. The van der Waals surface area contributed by atoms with Gasteiger partial charge in [0.2, 0.25) is 0 Å². The van der Waals surface area contributed by atoms with E-state index in [4.69, 9.17) is 4.74 Å². The van der Waals surface area contributed by atoms with E-state index in [9.17, 15) is 0 Å². The number of ether oxygens (including phenoxy) is 1. The fourth-order valence-corrected chi connectivity index (χ4v) is 2.14. The van der Waals surface area contributed by atoms with Crippen molar-refractivity contribution in [3.8, 4) is 0 Å². The van der Waals surface area contributed by atoms with Crippen LogP contribution in [0.5, 0.6) is 0 Å². The first-order valence-electron chi connectivity index (χ1n) is 5.95. The highest BCUT2D eigenvalue weighted by Crippen LogP contribution is 2.07. The molecule has 1 fully saturated rings. The third-order valence-electron chi connectivity index (χ3n) is 3.02. The van der Waals surface area contributed by atoms with Crippen LogP contribution < -0.4 is 5.32 Å². The summed E-state index contributed by atoms with van der Waals surface area (Å²) in [6.07, 6.45) is 0.821. The van der Waals surface area contributed by atoms with Crippen molar-refractivity contribution in [1.82, 2.24) is 19.9 Å². The Labute approximate surface area is 99.8 Å². The number of hydrogen-bond acceptors (Lipinski definition) is 4. The number of aromatic nitrogens is 3. The topological polar surface area (TPSA) is 51.5 Å². The maximum Gasteiger partial charge on any atom is 0.155 e. The second-order valence-electron chi connectivity index (χ2n) is 4.40. The van der Waals surface area contributed by atoms with Gasteiger partial charge in [-0.05, 0) is 19.1 Å². The Morgan fingerprint density at radius 1 is 1.53 bits per heavy atom. The van der Waals surface area contributed by atoms with Gasteiger partial charge in [0.25, 0.3) is 0 Å². The Morgan fingerprint density at radius 3 is 3.24 bits per heavy atom. The first-order valence-corrected chi connectivity index (χ1v) is 5.95. The Morgan fingerprint density at radius 2 is 2.47 bits per heavy atom. The van der Waals surface area contributed by atoms with Gasteiger partial charge in [0.1, 0.15) is 0 Å². The number of rotatable bonds is 2. The van der Waals surface area contributed by atoms with Gasteiger partial charge in [0, 0.05) is 24.7 Å². The number of morpholine rings is 1. The third-order valence-corrected chi connectivity index (χ3v) is 3.02. The van der Waals surface area contributed by atoms with Crippen LogP contribution in [0.4, 0.5) is 0 Å². The van der Waals surface area contributed by atoms with Gasteiger partial charge in [-0.1, -0.05) is 6.07 Å². The molecule has 0 bridgehead atoms.